The number of nitrogens with one attached hydrogen (secondary N) is 1. The highest BCUT2D eigenvalue weighted by Gasteiger charge is 2.30. The number of rotatable bonds is 5. The van der Waals surface area contributed by atoms with Crippen LogP contribution in [0.3, 0.4) is 0 Å². The number of benzene rings is 2. The molecule has 0 aliphatic rings. The van der Waals surface area contributed by atoms with Gasteiger partial charge < -0.3 is 10.1 Å². The van der Waals surface area contributed by atoms with Crippen LogP contribution in [0.5, 0.6) is 11.6 Å². The number of hydrogen-bond donors (Lipinski definition) is 1. The molecule has 7 nitrogen and oxygen atoms in total. The minimum Gasteiger partial charge on any atom is -0.438 e. The highest BCUT2D eigenvalue weighted by atomic mass is 19.4. The number of anilines is 1. The normalized spacial score (nSPS) is 11.7. The zero-order chi connectivity index (χ0) is 25.9. The number of pyridine rings is 1. The van der Waals surface area contributed by atoms with Crippen molar-refractivity contribution in [2.75, 3.05) is 5.32 Å². The van der Waals surface area contributed by atoms with Gasteiger partial charge >= 0.3 is 6.18 Å². The Kier molecular flexibility index (Phi) is 6.52. The predicted octanol–water partition coefficient (Wildman–Crippen LogP) is 5.19. The van der Waals surface area contributed by atoms with Crippen LogP contribution in [0.1, 0.15) is 11.1 Å². The lowest BCUT2D eigenvalue weighted by Crippen LogP contribution is -2.20. The number of hydrogen-bond acceptors (Lipinski definition) is 5. The SMILES string of the molecule is N#C/C(=C/c1c(Oc2ccc(F)cc2)nc2ccccn2c1=O)C(=O)Nc1cccc(C(F)(F)F)c1. The van der Waals surface area contributed by atoms with Crippen molar-refractivity contribution in [1.29, 1.82) is 5.26 Å². The number of ether oxygens (including phenoxy) is 1. The molecule has 2 aromatic heterocycles. The van der Waals surface area contributed by atoms with Crippen molar-refractivity contribution in [2.24, 2.45) is 0 Å². The summed E-state index contributed by atoms with van der Waals surface area (Å²) in [6.07, 6.45) is -2.29. The number of carbonyl (C=O) groups excluding carboxylic acids is 1. The van der Waals surface area contributed by atoms with Crippen LogP contribution in [0.15, 0.2) is 83.3 Å². The van der Waals surface area contributed by atoms with Crippen molar-refractivity contribution in [1.82, 2.24) is 9.38 Å². The first-order valence-corrected chi connectivity index (χ1v) is 10.2. The van der Waals surface area contributed by atoms with E-state index in [1.165, 1.54) is 30.5 Å². The topological polar surface area (TPSA) is 96.5 Å². The third kappa shape index (κ3) is 5.23. The molecule has 0 spiro atoms. The summed E-state index contributed by atoms with van der Waals surface area (Å²) >= 11 is 0. The maximum Gasteiger partial charge on any atom is 0.416 e. The van der Waals surface area contributed by atoms with E-state index >= 15 is 0 Å². The molecule has 0 saturated carbocycles. The lowest BCUT2D eigenvalue weighted by Gasteiger charge is -2.11. The Morgan fingerprint density at radius 1 is 1.08 bits per heavy atom. The van der Waals surface area contributed by atoms with Gasteiger partial charge in [0.25, 0.3) is 11.5 Å². The third-order valence-corrected chi connectivity index (χ3v) is 4.86. The van der Waals surface area contributed by atoms with Crippen LogP contribution in [0, 0.1) is 17.1 Å². The van der Waals surface area contributed by atoms with E-state index < -0.39 is 34.6 Å². The van der Waals surface area contributed by atoms with E-state index in [2.05, 4.69) is 10.3 Å². The fraction of sp³-hybridized carbons (Fsp3) is 0.0400. The number of alkyl halides is 3. The van der Waals surface area contributed by atoms with Gasteiger partial charge in [-0.15, -0.1) is 0 Å². The van der Waals surface area contributed by atoms with Crippen LogP contribution in [0.2, 0.25) is 0 Å². The summed E-state index contributed by atoms with van der Waals surface area (Å²) < 4.78 is 59.0. The molecule has 1 N–H and O–H groups in total. The highest BCUT2D eigenvalue weighted by molar-refractivity contribution is 6.09. The molecule has 180 valence electrons. The largest absolute Gasteiger partial charge is 0.438 e. The van der Waals surface area contributed by atoms with E-state index in [0.29, 0.717) is 6.07 Å². The van der Waals surface area contributed by atoms with E-state index in [9.17, 15) is 32.4 Å². The van der Waals surface area contributed by atoms with E-state index in [1.807, 2.05) is 0 Å². The van der Waals surface area contributed by atoms with Crippen LogP contribution in [-0.4, -0.2) is 15.3 Å². The minimum atomic E-state index is -4.63. The number of aromatic nitrogens is 2. The zero-order valence-corrected chi connectivity index (χ0v) is 18.1. The molecule has 36 heavy (non-hydrogen) atoms. The molecule has 0 aliphatic heterocycles. The Morgan fingerprint density at radius 3 is 2.53 bits per heavy atom. The van der Waals surface area contributed by atoms with Crippen LogP contribution in [0.4, 0.5) is 23.2 Å². The van der Waals surface area contributed by atoms with Crippen molar-refractivity contribution in [3.8, 4) is 17.7 Å². The Hall–Kier alpha value is -4.98. The number of carbonyl (C=O) groups is 1. The molecule has 0 fully saturated rings. The van der Waals surface area contributed by atoms with Crippen LogP contribution >= 0.6 is 0 Å². The predicted molar refractivity (Wildman–Crippen MR) is 122 cm³/mol. The van der Waals surface area contributed by atoms with Gasteiger partial charge in [-0.2, -0.15) is 23.4 Å². The van der Waals surface area contributed by atoms with Gasteiger partial charge in [-0.3, -0.25) is 14.0 Å². The van der Waals surface area contributed by atoms with Crippen molar-refractivity contribution in [3.05, 3.63) is 106 Å². The summed E-state index contributed by atoms with van der Waals surface area (Å²) in [5, 5.41) is 11.8. The molecular formula is C25H14F4N4O3. The van der Waals surface area contributed by atoms with Crippen molar-refractivity contribution in [2.45, 2.75) is 6.18 Å². The smallest absolute Gasteiger partial charge is 0.416 e. The number of nitrogens with zero attached hydrogens (tertiary/aromatic N) is 3. The molecule has 11 heteroatoms. The zero-order valence-electron chi connectivity index (χ0n) is 18.1. The molecular weight excluding hydrogens is 480 g/mol. The number of nitriles is 1. The molecule has 0 radical (unpaired) electrons. The van der Waals surface area contributed by atoms with E-state index in [1.54, 1.807) is 18.2 Å². The second kappa shape index (κ2) is 9.71. The lowest BCUT2D eigenvalue weighted by molar-refractivity contribution is -0.137. The van der Waals surface area contributed by atoms with Crippen molar-refractivity contribution >= 4 is 23.3 Å². The van der Waals surface area contributed by atoms with Gasteiger partial charge in [-0.1, -0.05) is 12.1 Å². The highest BCUT2D eigenvalue weighted by Crippen LogP contribution is 2.31. The summed E-state index contributed by atoms with van der Waals surface area (Å²) in [7, 11) is 0. The Morgan fingerprint density at radius 2 is 1.83 bits per heavy atom. The summed E-state index contributed by atoms with van der Waals surface area (Å²) in [5.74, 6) is -1.71. The second-order valence-electron chi connectivity index (χ2n) is 7.32. The molecule has 2 heterocycles. The van der Waals surface area contributed by atoms with Gasteiger partial charge in [0.15, 0.2) is 0 Å². The average Bonchev–Trinajstić information content (AvgIpc) is 2.85. The molecule has 1 amide bonds. The third-order valence-electron chi connectivity index (χ3n) is 4.86. The van der Waals surface area contributed by atoms with E-state index in [4.69, 9.17) is 4.74 Å². The maximum absolute atomic E-state index is 13.3. The number of amides is 1. The monoisotopic (exact) mass is 494 g/mol. The van der Waals surface area contributed by atoms with Crippen LogP contribution < -0.4 is 15.6 Å². The van der Waals surface area contributed by atoms with Crippen molar-refractivity contribution in [3.63, 3.8) is 0 Å². The standard InChI is InChI=1S/C25H14F4N4O3/c26-17-7-9-19(10-8-17)36-23-20(24(35)33-11-2-1-6-21(33)32-23)12-15(14-30)22(34)31-18-5-3-4-16(13-18)25(27,28)29/h1-13H,(H,31,34)/b15-12-. The second-order valence-corrected chi connectivity index (χ2v) is 7.32. The fourth-order valence-electron chi connectivity index (χ4n) is 3.16. The molecule has 4 aromatic rings. The minimum absolute atomic E-state index is 0.130. The molecule has 0 unspecified atom stereocenters. The Labute approximate surface area is 200 Å². The summed E-state index contributed by atoms with van der Waals surface area (Å²) in [6, 6.07) is 15.1. The van der Waals surface area contributed by atoms with Gasteiger partial charge in [0.05, 0.1) is 5.56 Å². The summed E-state index contributed by atoms with van der Waals surface area (Å²) in [6.45, 7) is 0. The molecule has 0 bridgehead atoms. The first kappa shape index (κ1) is 24.2. The molecule has 0 saturated heterocycles. The van der Waals surface area contributed by atoms with Gasteiger partial charge in [-0.05, 0) is 60.7 Å². The van der Waals surface area contributed by atoms with E-state index in [0.717, 1.165) is 34.7 Å². The Balaban J connectivity index is 1.76. The summed E-state index contributed by atoms with van der Waals surface area (Å²) in [4.78, 5) is 30.1. The molecule has 0 aliphatic carbocycles. The molecule has 0 atom stereocenters. The quantitative estimate of drug-likeness (QED) is 0.234. The fourth-order valence-corrected chi connectivity index (χ4v) is 3.16. The molecule has 4 rings (SSSR count). The van der Waals surface area contributed by atoms with Crippen LogP contribution in [-0.2, 0) is 11.0 Å². The number of fused-ring (bicyclic) bond motifs is 1. The van der Waals surface area contributed by atoms with Gasteiger partial charge in [-0.25, -0.2) is 4.39 Å². The maximum atomic E-state index is 13.3. The average molecular weight is 494 g/mol. The van der Waals surface area contributed by atoms with Crippen LogP contribution in [0.25, 0.3) is 11.7 Å². The number of halogens is 4. The summed E-state index contributed by atoms with van der Waals surface area (Å²) in [5.41, 5.74) is -2.55. The van der Waals surface area contributed by atoms with Gasteiger partial charge in [0, 0.05) is 11.9 Å². The van der Waals surface area contributed by atoms with Crippen molar-refractivity contribution < 1.29 is 27.1 Å². The lowest BCUT2D eigenvalue weighted by atomic mass is 10.1. The first-order chi connectivity index (χ1) is 17.2. The molecule has 2 aromatic carbocycles. The van der Waals surface area contributed by atoms with E-state index in [-0.39, 0.29) is 28.5 Å². The Bertz CT molecular complexity index is 1590. The first-order valence-electron chi connectivity index (χ1n) is 10.2. The van der Waals surface area contributed by atoms with Gasteiger partial charge in [0.2, 0.25) is 5.88 Å². The van der Waals surface area contributed by atoms with Gasteiger partial charge in [0.1, 0.15) is 34.4 Å².